The molecule has 124 valence electrons. The molecule has 5 heteroatoms. The summed E-state index contributed by atoms with van der Waals surface area (Å²) in [6, 6.07) is 0. The summed E-state index contributed by atoms with van der Waals surface area (Å²) in [6.07, 6.45) is 4.30. The third kappa shape index (κ3) is 7.11. The zero-order valence-corrected chi connectivity index (χ0v) is 15.4. The van der Waals surface area contributed by atoms with Gasteiger partial charge in [0.15, 0.2) is 6.29 Å². The predicted molar refractivity (Wildman–Crippen MR) is 88.6 cm³/mol. The molecule has 0 spiro atoms. The number of nitrogens with zero attached hydrogens (tertiary/aromatic N) is 1. The molecule has 0 aromatic carbocycles. The van der Waals surface area contributed by atoms with Crippen molar-refractivity contribution in [3.8, 4) is 0 Å². The number of ether oxygens (including phenoxy) is 2. The van der Waals surface area contributed by atoms with Crippen molar-refractivity contribution >= 4 is 21.8 Å². The molecule has 1 saturated heterocycles. The second-order valence-electron chi connectivity index (χ2n) is 6.25. The van der Waals surface area contributed by atoms with Crippen molar-refractivity contribution < 1.29 is 14.3 Å². The van der Waals surface area contributed by atoms with Crippen LogP contribution in [-0.4, -0.2) is 47.7 Å². The second-order valence-corrected chi connectivity index (χ2v) is 7.62. The maximum Gasteiger partial charge on any atom is 0.236 e. The molecular formula is C16H30BrNO3. The highest BCUT2D eigenvalue weighted by atomic mass is 79.9. The molecule has 0 bridgehead atoms. The van der Waals surface area contributed by atoms with Gasteiger partial charge in [-0.15, -0.1) is 0 Å². The topological polar surface area (TPSA) is 38.8 Å². The highest BCUT2D eigenvalue weighted by Crippen LogP contribution is 2.19. The fraction of sp³-hybridized carbons (Fsp3) is 0.938. The summed E-state index contributed by atoms with van der Waals surface area (Å²) >= 11 is 3.37. The van der Waals surface area contributed by atoms with E-state index in [2.05, 4.69) is 36.7 Å². The number of unbranched alkanes of at least 4 members (excludes halogenated alkanes) is 1. The van der Waals surface area contributed by atoms with Gasteiger partial charge in [0.25, 0.3) is 0 Å². The molecule has 0 aromatic rings. The maximum atomic E-state index is 12.3. The molecule has 1 fully saturated rings. The van der Waals surface area contributed by atoms with Crippen LogP contribution in [0, 0.1) is 5.92 Å². The monoisotopic (exact) mass is 363 g/mol. The first-order chi connectivity index (χ1) is 9.93. The van der Waals surface area contributed by atoms with Gasteiger partial charge < -0.3 is 14.4 Å². The van der Waals surface area contributed by atoms with Crippen LogP contribution in [0.3, 0.4) is 0 Å². The van der Waals surface area contributed by atoms with E-state index in [1.54, 1.807) is 0 Å². The number of halogens is 1. The van der Waals surface area contributed by atoms with Gasteiger partial charge in [-0.3, -0.25) is 4.79 Å². The zero-order valence-electron chi connectivity index (χ0n) is 13.8. The fourth-order valence-corrected chi connectivity index (χ4v) is 2.61. The average Bonchev–Trinajstić information content (AvgIpc) is 2.87. The van der Waals surface area contributed by atoms with Gasteiger partial charge in [-0.1, -0.05) is 49.5 Å². The number of hydrogen-bond donors (Lipinski definition) is 0. The van der Waals surface area contributed by atoms with Crippen molar-refractivity contribution in [3.05, 3.63) is 0 Å². The molecule has 0 aliphatic carbocycles. The SMILES string of the molecule is CCCCC1COC(CN(CCC(C)C)C(=O)C(C)Br)O1. The van der Waals surface area contributed by atoms with Crippen molar-refractivity contribution in [2.75, 3.05) is 19.7 Å². The molecule has 0 radical (unpaired) electrons. The van der Waals surface area contributed by atoms with Crippen LogP contribution in [-0.2, 0) is 14.3 Å². The van der Waals surface area contributed by atoms with Crippen molar-refractivity contribution in [1.82, 2.24) is 4.90 Å². The summed E-state index contributed by atoms with van der Waals surface area (Å²) in [4.78, 5) is 14.0. The lowest BCUT2D eigenvalue weighted by molar-refractivity contribution is -0.137. The van der Waals surface area contributed by atoms with Crippen LogP contribution in [0.4, 0.5) is 0 Å². The third-order valence-electron chi connectivity index (χ3n) is 3.69. The van der Waals surface area contributed by atoms with Gasteiger partial charge in [-0.25, -0.2) is 0 Å². The molecule has 0 aromatic heterocycles. The van der Waals surface area contributed by atoms with E-state index in [-0.39, 0.29) is 23.1 Å². The lowest BCUT2D eigenvalue weighted by Crippen LogP contribution is -2.42. The Morgan fingerprint density at radius 1 is 1.38 bits per heavy atom. The number of carbonyl (C=O) groups excluding carboxylic acids is 1. The van der Waals surface area contributed by atoms with Crippen LogP contribution < -0.4 is 0 Å². The Kier molecular flexibility index (Phi) is 8.83. The third-order valence-corrected chi connectivity index (χ3v) is 4.08. The minimum absolute atomic E-state index is 0.111. The summed E-state index contributed by atoms with van der Waals surface area (Å²) in [5, 5.41) is 0. The van der Waals surface area contributed by atoms with Gasteiger partial charge in [0.2, 0.25) is 5.91 Å². The standard InChI is InChI=1S/C16H30BrNO3/c1-5-6-7-14-11-20-15(21-14)10-18(9-8-12(2)3)16(19)13(4)17/h12-15H,5-11H2,1-4H3. The number of hydrogen-bond acceptors (Lipinski definition) is 3. The Morgan fingerprint density at radius 3 is 2.67 bits per heavy atom. The number of carbonyl (C=O) groups is 1. The van der Waals surface area contributed by atoms with Gasteiger partial charge in [0.1, 0.15) is 0 Å². The van der Waals surface area contributed by atoms with Crippen molar-refractivity contribution in [2.24, 2.45) is 5.92 Å². The maximum absolute atomic E-state index is 12.3. The van der Waals surface area contributed by atoms with Crippen LogP contribution in [0.2, 0.25) is 0 Å². The molecular weight excluding hydrogens is 334 g/mol. The van der Waals surface area contributed by atoms with Gasteiger partial charge in [0.05, 0.1) is 24.1 Å². The Bertz CT molecular complexity index is 310. The lowest BCUT2D eigenvalue weighted by atomic mass is 10.1. The number of rotatable bonds is 9. The van der Waals surface area contributed by atoms with Crippen LogP contribution >= 0.6 is 15.9 Å². The van der Waals surface area contributed by atoms with Gasteiger partial charge in [-0.2, -0.15) is 0 Å². The Hall–Kier alpha value is -0.130. The van der Waals surface area contributed by atoms with E-state index in [9.17, 15) is 4.79 Å². The summed E-state index contributed by atoms with van der Waals surface area (Å²) < 4.78 is 11.6. The first-order valence-corrected chi connectivity index (χ1v) is 9.05. The molecule has 3 atom stereocenters. The molecule has 1 aliphatic heterocycles. The molecule has 0 saturated carbocycles. The minimum atomic E-state index is -0.269. The normalized spacial score (nSPS) is 23.5. The van der Waals surface area contributed by atoms with E-state index >= 15 is 0 Å². The molecule has 1 aliphatic rings. The Balaban J connectivity index is 2.47. The summed E-state index contributed by atoms with van der Waals surface area (Å²) in [7, 11) is 0. The van der Waals surface area contributed by atoms with Crippen molar-refractivity contribution in [3.63, 3.8) is 0 Å². The molecule has 1 amide bonds. The number of amides is 1. The molecule has 3 unspecified atom stereocenters. The highest BCUT2D eigenvalue weighted by Gasteiger charge is 2.29. The zero-order chi connectivity index (χ0) is 15.8. The quantitative estimate of drug-likeness (QED) is 0.587. The molecule has 1 rings (SSSR count). The lowest BCUT2D eigenvalue weighted by Gasteiger charge is -2.27. The highest BCUT2D eigenvalue weighted by molar-refractivity contribution is 9.10. The van der Waals surface area contributed by atoms with E-state index < -0.39 is 0 Å². The second kappa shape index (κ2) is 9.80. The minimum Gasteiger partial charge on any atom is -0.348 e. The summed E-state index contributed by atoms with van der Waals surface area (Å²) in [6.45, 7) is 10.3. The van der Waals surface area contributed by atoms with Gasteiger partial charge >= 0.3 is 0 Å². The average molecular weight is 364 g/mol. The van der Waals surface area contributed by atoms with Crippen LogP contribution in [0.1, 0.15) is 53.4 Å². The Morgan fingerprint density at radius 2 is 2.10 bits per heavy atom. The largest absolute Gasteiger partial charge is 0.348 e. The van der Waals surface area contributed by atoms with E-state index in [1.165, 1.54) is 6.42 Å². The van der Waals surface area contributed by atoms with Crippen LogP contribution in [0.15, 0.2) is 0 Å². The predicted octanol–water partition coefficient (Wildman–Crippen LogP) is 3.58. The first kappa shape index (κ1) is 18.9. The molecule has 4 nitrogen and oxygen atoms in total. The molecule has 1 heterocycles. The Labute approximate surface area is 137 Å². The van der Waals surface area contributed by atoms with E-state index in [1.807, 2.05) is 11.8 Å². The van der Waals surface area contributed by atoms with Crippen LogP contribution in [0.5, 0.6) is 0 Å². The van der Waals surface area contributed by atoms with E-state index in [0.29, 0.717) is 19.1 Å². The number of alkyl halides is 1. The molecule has 21 heavy (non-hydrogen) atoms. The summed E-state index contributed by atoms with van der Waals surface area (Å²) in [5.41, 5.74) is 0. The summed E-state index contributed by atoms with van der Waals surface area (Å²) in [5.74, 6) is 0.688. The van der Waals surface area contributed by atoms with E-state index in [4.69, 9.17) is 9.47 Å². The van der Waals surface area contributed by atoms with Crippen molar-refractivity contribution in [1.29, 1.82) is 0 Å². The van der Waals surface area contributed by atoms with Gasteiger partial charge in [-0.05, 0) is 25.7 Å². The van der Waals surface area contributed by atoms with E-state index in [0.717, 1.165) is 25.8 Å². The van der Waals surface area contributed by atoms with Crippen LogP contribution in [0.25, 0.3) is 0 Å². The fourth-order valence-electron chi connectivity index (χ4n) is 2.32. The van der Waals surface area contributed by atoms with Gasteiger partial charge in [0, 0.05) is 6.54 Å². The molecule has 0 N–H and O–H groups in total. The van der Waals surface area contributed by atoms with Crippen molar-refractivity contribution in [2.45, 2.75) is 70.6 Å². The first-order valence-electron chi connectivity index (χ1n) is 8.14. The smallest absolute Gasteiger partial charge is 0.236 e.